The van der Waals surface area contributed by atoms with Crippen molar-refractivity contribution in [3.05, 3.63) is 48.0 Å². The number of nitrogens with one attached hydrogen (secondary N) is 1. The van der Waals surface area contributed by atoms with Gasteiger partial charge in [-0.2, -0.15) is 8.78 Å². The standard InChI is InChI=1S/C18H20F2N2O4/c1-22(11-12-7-8-14(24-2)10-16(12)25-3)18(23)21-13-5-4-6-15(9-13)26-17(19)20/h4-10,17H,11H2,1-3H3,(H,21,23). The predicted octanol–water partition coefficient (Wildman–Crippen LogP) is 3.97. The van der Waals surface area contributed by atoms with E-state index < -0.39 is 12.6 Å². The molecule has 2 aromatic rings. The maximum atomic E-state index is 12.3. The molecule has 0 aliphatic heterocycles. The lowest BCUT2D eigenvalue weighted by Crippen LogP contribution is -2.31. The summed E-state index contributed by atoms with van der Waals surface area (Å²) < 4.78 is 39.3. The summed E-state index contributed by atoms with van der Waals surface area (Å²) in [5.41, 5.74) is 1.14. The van der Waals surface area contributed by atoms with Gasteiger partial charge in [-0.15, -0.1) is 0 Å². The van der Waals surface area contributed by atoms with Gasteiger partial charge in [-0.3, -0.25) is 0 Å². The molecule has 0 heterocycles. The molecule has 26 heavy (non-hydrogen) atoms. The highest BCUT2D eigenvalue weighted by atomic mass is 19.3. The first-order chi connectivity index (χ1) is 12.4. The van der Waals surface area contributed by atoms with Crippen molar-refractivity contribution in [2.45, 2.75) is 13.2 Å². The Hall–Kier alpha value is -3.03. The fourth-order valence-electron chi connectivity index (χ4n) is 2.28. The Morgan fingerprint density at radius 3 is 2.54 bits per heavy atom. The molecule has 0 atom stereocenters. The van der Waals surface area contributed by atoms with E-state index in [-0.39, 0.29) is 12.3 Å². The van der Waals surface area contributed by atoms with Crippen molar-refractivity contribution in [2.75, 3.05) is 26.6 Å². The lowest BCUT2D eigenvalue weighted by atomic mass is 10.2. The van der Waals surface area contributed by atoms with E-state index in [4.69, 9.17) is 9.47 Å². The first-order valence-corrected chi connectivity index (χ1v) is 7.71. The van der Waals surface area contributed by atoms with Gasteiger partial charge in [-0.25, -0.2) is 4.79 Å². The van der Waals surface area contributed by atoms with Crippen LogP contribution in [0.15, 0.2) is 42.5 Å². The second-order valence-corrected chi connectivity index (χ2v) is 5.37. The molecule has 0 spiro atoms. The number of benzene rings is 2. The molecule has 2 aromatic carbocycles. The van der Waals surface area contributed by atoms with Gasteiger partial charge in [0.1, 0.15) is 17.2 Å². The van der Waals surface area contributed by atoms with Crippen LogP contribution in [0.4, 0.5) is 19.3 Å². The van der Waals surface area contributed by atoms with Crippen LogP contribution in [0.2, 0.25) is 0 Å². The molecule has 1 N–H and O–H groups in total. The summed E-state index contributed by atoms with van der Waals surface area (Å²) in [6.45, 7) is -2.64. The summed E-state index contributed by atoms with van der Waals surface area (Å²) in [7, 11) is 4.70. The molecule has 0 saturated heterocycles. The SMILES string of the molecule is COc1ccc(CN(C)C(=O)Nc2cccc(OC(F)F)c2)c(OC)c1. The van der Waals surface area contributed by atoms with E-state index in [1.807, 2.05) is 0 Å². The molecular formula is C18H20F2N2O4. The van der Waals surface area contributed by atoms with E-state index in [1.54, 1.807) is 38.4 Å². The summed E-state index contributed by atoms with van der Waals surface area (Å²) in [5.74, 6) is 1.21. The van der Waals surface area contributed by atoms with Gasteiger partial charge in [-0.1, -0.05) is 6.07 Å². The van der Waals surface area contributed by atoms with Crippen LogP contribution in [0, 0.1) is 0 Å². The number of ether oxygens (including phenoxy) is 3. The summed E-state index contributed by atoms with van der Waals surface area (Å²) in [5, 5.41) is 2.63. The number of alkyl halides is 2. The minimum atomic E-state index is -2.92. The smallest absolute Gasteiger partial charge is 0.387 e. The number of urea groups is 1. The van der Waals surface area contributed by atoms with Gasteiger partial charge >= 0.3 is 12.6 Å². The van der Waals surface area contributed by atoms with E-state index in [0.29, 0.717) is 17.2 Å². The second kappa shape index (κ2) is 8.89. The van der Waals surface area contributed by atoms with Crippen LogP contribution >= 0.6 is 0 Å². The Morgan fingerprint density at radius 1 is 1.12 bits per heavy atom. The van der Waals surface area contributed by atoms with E-state index in [9.17, 15) is 13.6 Å². The van der Waals surface area contributed by atoms with Gasteiger partial charge < -0.3 is 24.4 Å². The Bertz CT molecular complexity index is 756. The van der Waals surface area contributed by atoms with Crippen LogP contribution in [-0.2, 0) is 6.54 Å². The minimum absolute atomic E-state index is 0.0303. The molecular weight excluding hydrogens is 346 g/mol. The highest BCUT2D eigenvalue weighted by Gasteiger charge is 2.14. The number of hydrogen-bond acceptors (Lipinski definition) is 4. The zero-order valence-electron chi connectivity index (χ0n) is 14.7. The molecule has 6 nitrogen and oxygen atoms in total. The predicted molar refractivity (Wildman–Crippen MR) is 93.1 cm³/mol. The number of hydrogen-bond donors (Lipinski definition) is 1. The normalized spacial score (nSPS) is 10.4. The third kappa shape index (κ3) is 5.23. The quantitative estimate of drug-likeness (QED) is 0.806. The molecule has 2 rings (SSSR count). The zero-order chi connectivity index (χ0) is 19.1. The van der Waals surface area contributed by atoms with Crippen LogP contribution in [0.25, 0.3) is 0 Å². The van der Waals surface area contributed by atoms with Crippen LogP contribution < -0.4 is 19.5 Å². The van der Waals surface area contributed by atoms with Crippen molar-refractivity contribution >= 4 is 11.7 Å². The van der Waals surface area contributed by atoms with Crippen molar-refractivity contribution < 1.29 is 27.8 Å². The Morgan fingerprint density at radius 2 is 1.88 bits per heavy atom. The Balaban J connectivity index is 2.04. The van der Waals surface area contributed by atoms with Crippen molar-refractivity contribution in [3.8, 4) is 17.2 Å². The molecule has 0 bridgehead atoms. The monoisotopic (exact) mass is 366 g/mol. The van der Waals surface area contributed by atoms with Gasteiger partial charge in [0, 0.05) is 30.4 Å². The minimum Gasteiger partial charge on any atom is -0.497 e. The van der Waals surface area contributed by atoms with Crippen molar-refractivity contribution in [1.82, 2.24) is 4.90 Å². The second-order valence-electron chi connectivity index (χ2n) is 5.37. The lowest BCUT2D eigenvalue weighted by Gasteiger charge is -2.20. The molecule has 0 fully saturated rings. The third-order valence-corrected chi connectivity index (χ3v) is 3.56. The first-order valence-electron chi connectivity index (χ1n) is 7.71. The van der Waals surface area contributed by atoms with Gasteiger partial charge in [0.25, 0.3) is 0 Å². The van der Waals surface area contributed by atoms with Gasteiger partial charge in [0.05, 0.1) is 20.8 Å². The van der Waals surface area contributed by atoms with Gasteiger partial charge in [-0.05, 0) is 24.3 Å². The van der Waals surface area contributed by atoms with Crippen molar-refractivity contribution in [3.63, 3.8) is 0 Å². The molecule has 0 radical (unpaired) electrons. The molecule has 0 saturated carbocycles. The molecule has 0 aromatic heterocycles. The molecule has 0 aliphatic rings. The van der Waals surface area contributed by atoms with Gasteiger partial charge in [0.15, 0.2) is 0 Å². The van der Waals surface area contributed by atoms with Crippen LogP contribution in [0.5, 0.6) is 17.2 Å². The topological polar surface area (TPSA) is 60.0 Å². The molecule has 0 aliphatic carbocycles. The number of anilines is 1. The zero-order valence-corrected chi connectivity index (χ0v) is 14.7. The number of halogens is 2. The van der Waals surface area contributed by atoms with Crippen LogP contribution in [0.1, 0.15) is 5.56 Å². The molecule has 2 amide bonds. The van der Waals surface area contributed by atoms with E-state index in [2.05, 4.69) is 10.1 Å². The average molecular weight is 366 g/mol. The molecule has 8 heteroatoms. The number of methoxy groups -OCH3 is 2. The van der Waals surface area contributed by atoms with Gasteiger partial charge in [0.2, 0.25) is 0 Å². The third-order valence-electron chi connectivity index (χ3n) is 3.56. The Kier molecular flexibility index (Phi) is 6.60. The fraction of sp³-hybridized carbons (Fsp3) is 0.278. The maximum Gasteiger partial charge on any atom is 0.387 e. The summed E-state index contributed by atoms with van der Waals surface area (Å²) in [6, 6.07) is 10.7. The summed E-state index contributed by atoms with van der Waals surface area (Å²) in [6.07, 6.45) is 0. The number of rotatable bonds is 7. The number of carbonyl (C=O) groups excluding carboxylic acids is 1. The fourth-order valence-corrected chi connectivity index (χ4v) is 2.28. The van der Waals surface area contributed by atoms with Crippen LogP contribution in [0.3, 0.4) is 0 Å². The van der Waals surface area contributed by atoms with E-state index >= 15 is 0 Å². The number of carbonyl (C=O) groups is 1. The lowest BCUT2D eigenvalue weighted by molar-refractivity contribution is -0.0497. The highest BCUT2D eigenvalue weighted by molar-refractivity contribution is 5.89. The van der Waals surface area contributed by atoms with Crippen molar-refractivity contribution in [1.29, 1.82) is 0 Å². The van der Waals surface area contributed by atoms with Crippen LogP contribution in [-0.4, -0.2) is 38.8 Å². The summed E-state index contributed by atoms with van der Waals surface area (Å²) >= 11 is 0. The van der Waals surface area contributed by atoms with E-state index in [1.165, 1.54) is 30.2 Å². The first kappa shape index (κ1) is 19.3. The largest absolute Gasteiger partial charge is 0.497 e. The number of nitrogens with zero attached hydrogens (tertiary/aromatic N) is 1. The number of amides is 2. The average Bonchev–Trinajstić information content (AvgIpc) is 2.61. The highest BCUT2D eigenvalue weighted by Crippen LogP contribution is 2.26. The Labute approximate surface area is 150 Å². The summed E-state index contributed by atoms with van der Waals surface area (Å²) in [4.78, 5) is 13.8. The van der Waals surface area contributed by atoms with E-state index in [0.717, 1.165) is 5.56 Å². The van der Waals surface area contributed by atoms with Crippen molar-refractivity contribution in [2.24, 2.45) is 0 Å². The maximum absolute atomic E-state index is 12.3. The molecule has 140 valence electrons. The molecule has 0 unspecified atom stereocenters.